The average Bonchev–Trinajstić information content (AvgIpc) is 3.07. The van der Waals surface area contributed by atoms with Gasteiger partial charge in [-0.1, -0.05) is 12.1 Å². The number of halogens is 1. The average molecular weight is 514 g/mol. The largest absolute Gasteiger partial charge is 0.465 e. The van der Waals surface area contributed by atoms with Gasteiger partial charge in [-0.15, -0.1) is 0 Å². The highest BCUT2D eigenvalue weighted by molar-refractivity contribution is 7.94. The molecule has 10 nitrogen and oxygen atoms in total. The summed E-state index contributed by atoms with van der Waals surface area (Å²) in [5.41, 5.74) is 2.36. The standard InChI is InChI=1S/C19H28FN5O2S.C4H8O3/c1-22-13-17-6-7-19(14-22,18(26)21-27)25(17)28-24-10-8-23(9-11-24)12-15-2-4-16(20)5-3-15;1-6-2-3-7-4-5/h2-5,17,27H,6-14H2,1H3,(H,21,26);4H,2-3H2,1H3. The van der Waals surface area contributed by atoms with Crippen LogP contribution in [0.2, 0.25) is 0 Å². The molecule has 3 fully saturated rings. The first-order valence-corrected chi connectivity index (χ1v) is 12.5. The number of amides is 1. The summed E-state index contributed by atoms with van der Waals surface area (Å²) >= 11 is 1.67. The SMILES string of the molecule is CN1CC2CCC(C(=O)NO)(C1)N2SN1CCN(Cc2ccc(F)cc2)CC1.COCCOC=O. The number of hydrogen-bond donors (Lipinski definition) is 2. The van der Waals surface area contributed by atoms with Crippen LogP contribution in [0, 0.1) is 5.82 Å². The van der Waals surface area contributed by atoms with E-state index >= 15 is 0 Å². The van der Waals surface area contributed by atoms with Crippen molar-refractivity contribution in [2.45, 2.75) is 31.0 Å². The molecule has 0 aliphatic carbocycles. The van der Waals surface area contributed by atoms with Gasteiger partial charge >= 0.3 is 0 Å². The maximum absolute atomic E-state index is 13.1. The molecule has 0 radical (unpaired) electrons. The van der Waals surface area contributed by atoms with Crippen molar-refractivity contribution in [2.75, 3.05) is 66.6 Å². The second kappa shape index (κ2) is 13.5. The molecule has 196 valence electrons. The van der Waals surface area contributed by atoms with Crippen LogP contribution in [0.1, 0.15) is 18.4 Å². The number of nitrogens with zero attached hydrogens (tertiary/aromatic N) is 4. The van der Waals surface area contributed by atoms with Gasteiger partial charge < -0.3 is 14.4 Å². The number of methoxy groups -OCH3 is 1. The number of likely N-dealkylation sites (N-methyl/N-ethyl adjacent to an activating group) is 1. The Labute approximate surface area is 210 Å². The molecule has 3 aliphatic rings. The van der Waals surface area contributed by atoms with Crippen LogP contribution in [0.4, 0.5) is 4.39 Å². The van der Waals surface area contributed by atoms with Gasteiger partial charge in [-0.05, 0) is 37.6 Å². The molecular weight excluding hydrogens is 477 g/mol. The lowest BCUT2D eigenvalue weighted by atomic mass is 9.96. The van der Waals surface area contributed by atoms with Crippen LogP contribution in [0.25, 0.3) is 0 Å². The minimum atomic E-state index is -0.664. The van der Waals surface area contributed by atoms with Gasteiger partial charge in [0.2, 0.25) is 0 Å². The van der Waals surface area contributed by atoms with Gasteiger partial charge in [-0.25, -0.2) is 18.5 Å². The Morgan fingerprint density at radius 3 is 2.60 bits per heavy atom. The minimum Gasteiger partial charge on any atom is -0.465 e. The molecule has 0 aromatic heterocycles. The summed E-state index contributed by atoms with van der Waals surface area (Å²) in [4.78, 5) is 26.5. The number of carbonyl (C=O) groups excluding carboxylic acids is 2. The molecule has 12 heteroatoms. The summed E-state index contributed by atoms with van der Waals surface area (Å²) in [7, 11) is 3.59. The number of hydroxylamine groups is 1. The first-order chi connectivity index (χ1) is 16.9. The van der Waals surface area contributed by atoms with Crippen molar-refractivity contribution in [3.63, 3.8) is 0 Å². The Morgan fingerprint density at radius 1 is 1.26 bits per heavy atom. The molecule has 2 unspecified atom stereocenters. The molecule has 3 saturated heterocycles. The van der Waals surface area contributed by atoms with Crippen molar-refractivity contribution in [1.82, 2.24) is 23.9 Å². The van der Waals surface area contributed by atoms with E-state index in [1.807, 2.05) is 24.7 Å². The summed E-state index contributed by atoms with van der Waals surface area (Å²) < 4.78 is 26.5. The van der Waals surface area contributed by atoms with Crippen LogP contribution in [-0.2, 0) is 25.6 Å². The lowest BCUT2D eigenvalue weighted by molar-refractivity contribution is -0.141. The Morgan fingerprint density at radius 2 is 1.97 bits per heavy atom. The van der Waals surface area contributed by atoms with E-state index in [1.165, 1.54) is 12.1 Å². The summed E-state index contributed by atoms with van der Waals surface area (Å²) in [5, 5.41) is 9.31. The Balaban J connectivity index is 0.000000429. The lowest BCUT2D eigenvalue weighted by Crippen LogP contribution is -2.65. The monoisotopic (exact) mass is 513 g/mol. The summed E-state index contributed by atoms with van der Waals surface area (Å²) in [6, 6.07) is 7.02. The second-order valence-electron chi connectivity index (χ2n) is 9.06. The molecule has 3 heterocycles. The Bertz CT molecular complexity index is 814. The van der Waals surface area contributed by atoms with Gasteiger partial charge in [-0.2, -0.15) is 0 Å². The molecule has 0 saturated carbocycles. The highest BCUT2D eigenvalue weighted by atomic mass is 32.2. The predicted molar refractivity (Wildman–Crippen MR) is 130 cm³/mol. The summed E-state index contributed by atoms with van der Waals surface area (Å²) in [6.07, 6.45) is 1.74. The van der Waals surface area contributed by atoms with E-state index < -0.39 is 5.54 Å². The summed E-state index contributed by atoms with van der Waals surface area (Å²) in [5.74, 6) is -0.503. The predicted octanol–water partition coefficient (Wildman–Crippen LogP) is 0.966. The second-order valence-corrected chi connectivity index (χ2v) is 10.1. The summed E-state index contributed by atoms with van der Waals surface area (Å²) in [6.45, 7) is 7.30. The number of carbonyl (C=O) groups is 2. The van der Waals surface area contributed by atoms with Gasteiger partial charge in [0.1, 0.15) is 18.0 Å². The number of ether oxygens (including phenoxy) is 2. The van der Waals surface area contributed by atoms with Crippen LogP contribution < -0.4 is 5.48 Å². The molecule has 0 spiro atoms. The molecule has 4 rings (SSSR count). The van der Waals surface area contributed by atoms with E-state index in [0.29, 0.717) is 32.3 Å². The normalized spacial score (nSPS) is 25.5. The third-order valence-corrected chi connectivity index (χ3v) is 7.97. The third kappa shape index (κ3) is 7.35. The van der Waals surface area contributed by atoms with E-state index in [1.54, 1.807) is 19.2 Å². The van der Waals surface area contributed by atoms with Crippen LogP contribution in [0.15, 0.2) is 24.3 Å². The van der Waals surface area contributed by atoms with Crippen molar-refractivity contribution in [3.8, 4) is 0 Å². The van der Waals surface area contributed by atoms with Gasteiger partial charge in [0.05, 0.1) is 6.61 Å². The van der Waals surface area contributed by atoms with E-state index in [0.717, 1.165) is 57.7 Å². The zero-order valence-corrected chi connectivity index (χ0v) is 21.2. The van der Waals surface area contributed by atoms with Crippen LogP contribution in [-0.4, -0.2) is 114 Å². The van der Waals surface area contributed by atoms with Crippen molar-refractivity contribution in [1.29, 1.82) is 0 Å². The number of benzene rings is 1. The van der Waals surface area contributed by atoms with Crippen LogP contribution in [0.5, 0.6) is 0 Å². The number of fused-ring (bicyclic) bond motifs is 2. The lowest BCUT2D eigenvalue weighted by Gasteiger charge is -2.47. The maximum atomic E-state index is 13.1. The number of rotatable bonds is 9. The third-order valence-electron chi connectivity index (χ3n) is 6.55. The number of piperazine rings is 2. The molecule has 1 aromatic carbocycles. The quantitative estimate of drug-likeness (QED) is 0.163. The molecule has 2 bridgehead atoms. The maximum Gasteiger partial charge on any atom is 0.293 e. The fourth-order valence-electron chi connectivity index (χ4n) is 4.82. The van der Waals surface area contributed by atoms with E-state index in [4.69, 9.17) is 0 Å². The highest BCUT2D eigenvalue weighted by Gasteiger charge is 2.56. The topological polar surface area (TPSA) is 97.8 Å². The first kappa shape index (κ1) is 27.8. The molecule has 3 aliphatic heterocycles. The zero-order valence-electron chi connectivity index (χ0n) is 20.4. The van der Waals surface area contributed by atoms with Gasteiger partial charge in [0.15, 0.2) is 0 Å². The zero-order chi connectivity index (χ0) is 25.3. The van der Waals surface area contributed by atoms with Crippen molar-refractivity contribution in [3.05, 3.63) is 35.6 Å². The first-order valence-electron chi connectivity index (χ1n) is 11.8. The van der Waals surface area contributed by atoms with Crippen molar-refractivity contribution < 1.29 is 28.7 Å². The van der Waals surface area contributed by atoms with Crippen LogP contribution in [0.3, 0.4) is 0 Å². The van der Waals surface area contributed by atoms with E-state index in [2.05, 4.69) is 27.9 Å². The van der Waals surface area contributed by atoms with E-state index in [9.17, 15) is 19.2 Å². The highest BCUT2D eigenvalue weighted by Crippen LogP contribution is 2.44. The molecule has 2 atom stereocenters. The number of nitrogens with one attached hydrogen (secondary N) is 1. The molecule has 1 amide bonds. The Hall–Kier alpha value is -1.80. The van der Waals surface area contributed by atoms with Crippen molar-refractivity contribution >= 4 is 24.5 Å². The van der Waals surface area contributed by atoms with Crippen LogP contribution >= 0.6 is 12.1 Å². The fourth-order valence-corrected chi connectivity index (χ4v) is 6.09. The van der Waals surface area contributed by atoms with Gasteiger partial charge in [-0.3, -0.25) is 19.7 Å². The Kier molecular flexibility index (Phi) is 10.7. The van der Waals surface area contributed by atoms with Gasteiger partial charge in [0.25, 0.3) is 12.4 Å². The van der Waals surface area contributed by atoms with Crippen molar-refractivity contribution in [2.24, 2.45) is 0 Å². The number of likely N-dealkylation sites (tertiary alicyclic amines) is 1. The molecule has 35 heavy (non-hydrogen) atoms. The fraction of sp³-hybridized carbons (Fsp3) is 0.652. The number of hydrogen-bond acceptors (Lipinski definition) is 10. The molecule has 1 aromatic rings. The molecular formula is C23H36FN5O5S. The van der Waals surface area contributed by atoms with Gasteiger partial charge in [0, 0.05) is 71.1 Å². The minimum absolute atomic E-state index is 0.201. The molecule has 2 N–H and O–H groups in total. The van der Waals surface area contributed by atoms with E-state index in [-0.39, 0.29) is 11.7 Å². The smallest absolute Gasteiger partial charge is 0.293 e.